The summed E-state index contributed by atoms with van der Waals surface area (Å²) < 4.78 is 20.3. The Morgan fingerprint density at radius 2 is 1.18 bits per heavy atom. The SMILES string of the molecule is CC(COCc1ccc(COCC(C)OC=O)cc1)OC=O. The third kappa shape index (κ3) is 7.75. The molecule has 0 bridgehead atoms. The lowest BCUT2D eigenvalue weighted by Crippen LogP contribution is -2.15. The average molecular weight is 310 g/mol. The summed E-state index contributed by atoms with van der Waals surface area (Å²) in [6, 6.07) is 7.81. The molecule has 0 aliphatic rings. The highest BCUT2D eigenvalue weighted by Gasteiger charge is 2.03. The van der Waals surface area contributed by atoms with Crippen LogP contribution in [0, 0.1) is 0 Å². The molecule has 0 spiro atoms. The molecule has 0 N–H and O–H groups in total. The summed E-state index contributed by atoms with van der Waals surface area (Å²) in [4.78, 5) is 20.3. The van der Waals surface area contributed by atoms with Crippen LogP contribution >= 0.6 is 0 Å². The molecule has 2 atom stereocenters. The van der Waals surface area contributed by atoms with E-state index in [0.717, 1.165) is 11.1 Å². The number of carbonyl (C=O) groups is 2. The predicted molar refractivity (Wildman–Crippen MR) is 79.0 cm³/mol. The smallest absolute Gasteiger partial charge is 0.293 e. The molecule has 22 heavy (non-hydrogen) atoms. The summed E-state index contributed by atoms with van der Waals surface area (Å²) in [5, 5.41) is 0. The maximum absolute atomic E-state index is 10.1. The van der Waals surface area contributed by atoms with E-state index in [9.17, 15) is 9.59 Å². The largest absolute Gasteiger partial charge is 0.462 e. The highest BCUT2D eigenvalue weighted by Crippen LogP contribution is 2.08. The maximum Gasteiger partial charge on any atom is 0.293 e. The molecule has 1 aromatic carbocycles. The molecular weight excluding hydrogens is 288 g/mol. The molecule has 0 heterocycles. The van der Waals surface area contributed by atoms with Crippen molar-refractivity contribution in [3.8, 4) is 0 Å². The third-order valence-electron chi connectivity index (χ3n) is 2.84. The summed E-state index contributed by atoms with van der Waals surface area (Å²) in [6.45, 7) is 6.01. The van der Waals surface area contributed by atoms with Crippen molar-refractivity contribution in [2.45, 2.75) is 39.3 Å². The van der Waals surface area contributed by atoms with E-state index >= 15 is 0 Å². The number of rotatable bonds is 12. The molecule has 6 heteroatoms. The van der Waals surface area contributed by atoms with Crippen molar-refractivity contribution in [2.75, 3.05) is 13.2 Å². The van der Waals surface area contributed by atoms with Crippen molar-refractivity contribution in [3.63, 3.8) is 0 Å². The van der Waals surface area contributed by atoms with Crippen LogP contribution in [0.4, 0.5) is 0 Å². The molecule has 6 nitrogen and oxygen atoms in total. The van der Waals surface area contributed by atoms with Crippen molar-refractivity contribution in [1.82, 2.24) is 0 Å². The van der Waals surface area contributed by atoms with Gasteiger partial charge in [0.1, 0.15) is 12.2 Å². The van der Waals surface area contributed by atoms with Crippen molar-refractivity contribution < 1.29 is 28.5 Å². The fourth-order valence-corrected chi connectivity index (χ4v) is 1.69. The van der Waals surface area contributed by atoms with Gasteiger partial charge in [0.15, 0.2) is 0 Å². The Labute approximate surface area is 130 Å². The van der Waals surface area contributed by atoms with Crippen molar-refractivity contribution in [2.24, 2.45) is 0 Å². The Morgan fingerprint density at radius 3 is 1.50 bits per heavy atom. The molecule has 1 rings (SSSR count). The highest BCUT2D eigenvalue weighted by molar-refractivity contribution is 5.37. The topological polar surface area (TPSA) is 71.1 Å². The van der Waals surface area contributed by atoms with Gasteiger partial charge < -0.3 is 18.9 Å². The fraction of sp³-hybridized carbons (Fsp3) is 0.500. The van der Waals surface area contributed by atoms with Crippen LogP contribution in [0.15, 0.2) is 24.3 Å². The Balaban J connectivity index is 2.25. The lowest BCUT2D eigenvalue weighted by atomic mass is 10.1. The van der Waals surface area contributed by atoms with Crippen LogP contribution in [-0.4, -0.2) is 38.4 Å². The minimum absolute atomic E-state index is 0.249. The summed E-state index contributed by atoms with van der Waals surface area (Å²) in [6.07, 6.45) is -0.499. The zero-order chi connectivity index (χ0) is 16.2. The summed E-state index contributed by atoms with van der Waals surface area (Å²) in [5.74, 6) is 0. The Kier molecular flexibility index (Phi) is 8.86. The monoisotopic (exact) mass is 310 g/mol. The van der Waals surface area contributed by atoms with E-state index in [-0.39, 0.29) is 12.2 Å². The van der Waals surface area contributed by atoms with E-state index in [1.54, 1.807) is 13.8 Å². The number of hydrogen-bond donors (Lipinski definition) is 0. The normalized spacial score (nSPS) is 13.2. The summed E-state index contributed by atoms with van der Waals surface area (Å²) in [7, 11) is 0. The lowest BCUT2D eigenvalue weighted by Gasteiger charge is -2.11. The van der Waals surface area contributed by atoms with Gasteiger partial charge in [-0.1, -0.05) is 24.3 Å². The van der Waals surface area contributed by atoms with E-state index in [0.29, 0.717) is 39.4 Å². The van der Waals surface area contributed by atoms with Gasteiger partial charge in [0, 0.05) is 0 Å². The average Bonchev–Trinajstić information content (AvgIpc) is 2.49. The number of ether oxygens (including phenoxy) is 4. The molecule has 1 aromatic rings. The molecule has 0 saturated carbocycles. The van der Waals surface area contributed by atoms with Crippen molar-refractivity contribution >= 4 is 12.9 Å². The van der Waals surface area contributed by atoms with E-state index in [1.807, 2.05) is 24.3 Å². The van der Waals surface area contributed by atoms with Crippen LogP contribution in [0.2, 0.25) is 0 Å². The molecular formula is C16H22O6. The minimum Gasteiger partial charge on any atom is -0.462 e. The zero-order valence-electron chi connectivity index (χ0n) is 12.9. The number of hydrogen-bond acceptors (Lipinski definition) is 6. The molecule has 2 unspecified atom stereocenters. The van der Waals surface area contributed by atoms with Gasteiger partial charge in [-0.2, -0.15) is 0 Å². The second-order valence-corrected chi connectivity index (χ2v) is 4.93. The molecule has 0 aromatic heterocycles. The quantitative estimate of drug-likeness (QED) is 0.549. The van der Waals surface area contributed by atoms with E-state index in [2.05, 4.69) is 0 Å². The zero-order valence-corrected chi connectivity index (χ0v) is 12.9. The minimum atomic E-state index is -0.249. The third-order valence-corrected chi connectivity index (χ3v) is 2.84. The highest BCUT2D eigenvalue weighted by atomic mass is 16.6. The summed E-state index contributed by atoms with van der Waals surface area (Å²) in [5.41, 5.74) is 2.06. The summed E-state index contributed by atoms with van der Waals surface area (Å²) >= 11 is 0. The van der Waals surface area contributed by atoms with E-state index < -0.39 is 0 Å². The van der Waals surface area contributed by atoms with Gasteiger partial charge >= 0.3 is 0 Å². The second kappa shape index (κ2) is 10.8. The van der Waals surface area contributed by atoms with Gasteiger partial charge in [0.25, 0.3) is 12.9 Å². The Hall–Kier alpha value is -1.92. The van der Waals surface area contributed by atoms with Gasteiger partial charge in [-0.3, -0.25) is 9.59 Å². The van der Waals surface area contributed by atoms with Gasteiger partial charge in [-0.25, -0.2) is 0 Å². The van der Waals surface area contributed by atoms with Gasteiger partial charge in [0.05, 0.1) is 26.4 Å². The van der Waals surface area contributed by atoms with Crippen LogP contribution in [-0.2, 0) is 41.8 Å². The van der Waals surface area contributed by atoms with Crippen LogP contribution in [0.3, 0.4) is 0 Å². The Bertz CT molecular complexity index is 390. The lowest BCUT2D eigenvalue weighted by molar-refractivity contribution is -0.136. The molecule has 0 fully saturated rings. The van der Waals surface area contributed by atoms with Gasteiger partial charge in [0.2, 0.25) is 0 Å². The molecule has 0 aliphatic heterocycles. The first-order chi connectivity index (χ1) is 10.7. The molecule has 0 aliphatic carbocycles. The van der Waals surface area contributed by atoms with Crippen LogP contribution in [0.25, 0.3) is 0 Å². The first kappa shape index (κ1) is 18.1. The standard InChI is InChI=1S/C16H22O6/c1-13(21-11-17)7-19-9-15-3-5-16(6-4-15)10-20-8-14(2)22-12-18/h3-6,11-14H,7-10H2,1-2H3. The number of benzene rings is 1. The molecule has 0 saturated heterocycles. The van der Waals surface area contributed by atoms with Crippen LogP contribution in [0.5, 0.6) is 0 Å². The van der Waals surface area contributed by atoms with Crippen molar-refractivity contribution in [3.05, 3.63) is 35.4 Å². The van der Waals surface area contributed by atoms with Gasteiger partial charge in [-0.05, 0) is 25.0 Å². The Morgan fingerprint density at radius 1 is 0.818 bits per heavy atom. The van der Waals surface area contributed by atoms with E-state index in [4.69, 9.17) is 18.9 Å². The molecule has 122 valence electrons. The van der Waals surface area contributed by atoms with Crippen molar-refractivity contribution in [1.29, 1.82) is 0 Å². The van der Waals surface area contributed by atoms with E-state index in [1.165, 1.54) is 0 Å². The molecule has 0 radical (unpaired) electrons. The first-order valence-electron chi connectivity index (χ1n) is 7.07. The second-order valence-electron chi connectivity index (χ2n) is 4.93. The fourth-order valence-electron chi connectivity index (χ4n) is 1.69. The number of carbonyl (C=O) groups excluding carboxylic acids is 2. The molecule has 0 amide bonds. The maximum atomic E-state index is 10.1. The van der Waals surface area contributed by atoms with Crippen LogP contribution < -0.4 is 0 Å². The van der Waals surface area contributed by atoms with Gasteiger partial charge in [-0.15, -0.1) is 0 Å². The van der Waals surface area contributed by atoms with Crippen LogP contribution in [0.1, 0.15) is 25.0 Å². The first-order valence-corrected chi connectivity index (χ1v) is 7.07. The predicted octanol–water partition coefficient (Wildman–Crippen LogP) is 1.84.